The Morgan fingerprint density at radius 2 is 1.39 bits per heavy atom. The predicted molar refractivity (Wildman–Crippen MR) is 66.5 cm³/mol. The van der Waals surface area contributed by atoms with E-state index in [1.54, 1.807) is 6.26 Å². The van der Waals surface area contributed by atoms with Crippen LogP contribution in [0.15, 0.2) is 55.9 Å². The lowest BCUT2D eigenvalue weighted by Crippen LogP contribution is -1.99. The van der Waals surface area contributed by atoms with E-state index in [2.05, 4.69) is 0 Å². The van der Waals surface area contributed by atoms with Crippen molar-refractivity contribution < 1.29 is 13.3 Å². The third-order valence-electron chi connectivity index (χ3n) is 2.92. The monoisotopic (exact) mass is 242 g/mol. The molecule has 0 unspecified atom stereocenters. The van der Waals surface area contributed by atoms with E-state index in [4.69, 9.17) is 13.3 Å². The van der Waals surface area contributed by atoms with Crippen molar-refractivity contribution in [1.29, 1.82) is 0 Å². The molecule has 18 heavy (non-hydrogen) atoms. The molecular weight excluding hydrogens is 228 g/mol. The first kappa shape index (κ1) is 11.0. The molecule has 0 fully saturated rings. The quantitative estimate of drug-likeness (QED) is 0.688. The van der Waals surface area contributed by atoms with Crippen molar-refractivity contribution in [3.05, 3.63) is 71.5 Å². The van der Waals surface area contributed by atoms with Crippen molar-refractivity contribution in [2.45, 2.75) is 19.8 Å². The summed E-state index contributed by atoms with van der Waals surface area (Å²) < 4.78 is 16.9. The van der Waals surface area contributed by atoms with Crippen LogP contribution in [0.2, 0.25) is 0 Å². The summed E-state index contributed by atoms with van der Waals surface area (Å²) in [6.07, 6.45) is 1.66. The number of aryl methyl sites for hydroxylation is 2. The van der Waals surface area contributed by atoms with Gasteiger partial charge < -0.3 is 13.3 Å². The second-order valence-electron chi connectivity index (χ2n) is 4.35. The Kier molecular flexibility index (Phi) is 2.59. The molecule has 0 spiro atoms. The summed E-state index contributed by atoms with van der Waals surface area (Å²) in [6, 6.07) is 11.6. The summed E-state index contributed by atoms with van der Waals surface area (Å²) in [5.41, 5.74) is 0. The number of rotatable bonds is 3. The third kappa shape index (κ3) is 1.88. The van der Waals surface area contributed by atoms with Gasteiger partial charge in [0.15, 0.2) is 0 Å². The van der Waals surface area contributed by atoms with Gasteiger partial charge in [0.25, 0.3) is 0 Å². The van der Waals surface area contributed by atoms with Gasteiger partial charge in [-0.3, -0.25) is 0 Å². The van der Waals surface area contributed by atoms with Crippen molar-refractivity contribution in [3.8, 4) is 0 Å². The highest BCUT2D eigenvalue weighted by Crippen LogP contribution is 2.34. The van der Waals surface area contributed by atoms with Crippen LogP contribution in [-0.2, 0) is 0 Å². The number of hydrogen-bond acceptors (Lipinski definition) is 3. The van der Waals surface area contributed by atoms with Gasteiger partial charge in [-0.1, -0.05) is 0 Å². The van der Waals surface area contributed by atoms with Gasteiger partial charge in [0.1, 0.15) is 34.7 Å². The van der Waals surface area contributed by atoms with E-state index in [1.165, 1.54) is 0 Å². The SMILES string of the molecule is Cc1ccc(C(c2ccco2)c2ccc(C)o2)o1. The van der Waals surface area contributed by atoms with Gasteiger partial charge in [0.2, 0.25) is 0 Å². The average Bonchev–Trinajstić information content (AvgIpc) is 3.04. The highest BCUT2D eigenvalue weighted by Gasteiger charge is 2.25. The second-order valence-corrected chi connectivity index (χ2v) is 4.35. The molecule has 0 amide bonds. The van der Waals surface area contributed by atoms with Crippen molar-refractivity contribution in [2.75, 3.05) is 0 Å². The Morgan fingerprint density at radius 3 is 1.78 bits per heavy atom. The molecule has 3 rings (SSSR count). The minimum atomic E-state index is -0.123. The molecule has 0 saturated carbocycles. The lowest BCUT2D eigenvalue weighted by molar-refractivity contribution is 0.393. The Balaban J connectivity index is 2.09. The standard InChI is InChI=1S/C15H14O3/c1-10-5-7-13(17-10)15(12-4-3-9-16-12)14-8-6-11(2)18-14/h3-9,15H,1-2H3. The molecule has 0 N–H and O–H groups in total. The molecule has 92 valence electrons. The zero-order chi connectivity index (χ0) is 12.5. The minimum Gasteiger partial charge on any atom is -0.468 e. The van der Waals surface area contributed by atoms with E-state index < -0.39 is 0 Å². The first-order valence-electron chi connectivity index (χ1n) is 5.90. The maximum absolute atomic E-state index is 5.71. The topological polar surface area (TPSA) is 39.4 Å². The summed E-state index contributed by atoms with van der Waals surface area (Å²) in [5, 5.41) is 0. The molecule has 0 bridgehead atoms. The molecule has 0 aliphatic heterocycles. The first-order chi connectivity index (χ1) is 8.74. The van der Waals surface area contributed by atoms with E-state index in [-0.39, 0.29) is 5.92 Å². The summed E-state index contributed by atoms with van der Waals surface area (Å²) in [6.45, 7) is 3.85. The van der Waals surface area contributed by atoms with E-state index in [9.17, 15) is 0 Å². The van der Waals surface area contributed by atoms with Crippen LogP contribution in [0.3, 0.4) is 0 Å². The van der Waals surface area contributed by atoms with E-state index in [0.29, 0.717) is 0 Å². The minimum absolute atomic E-state index is 0.123. The second kappa shape index (κ2) is 4.26. The van der Waals surface area contributed by atoms with Gasteiger partial charge in [-0.25, -0.2) is 0 Å². The fourth-order valence-electron chi connectivity index (χ4n) is 2.09. The van der Waals surface area contributed by atoms with Crippen LogP contribution in [-0.4, -0.2) is 0 Å². The van der Waals surface area contributed by atoms with Crippen molar-refractivity contribution in [3.63, 3.8) is 0 Å². The third-order valence-corrected chi connectivity index (χ3v) is 2.92. The van der Waals surface area contributed by atoms with Gasteiger partial charge >= 0.3 is 0 Å². The highest BCUT2D eigenvalue weighted by atomic mass is 16.4. The van der Waals surface area contributed by atoms with Crippen molar-refractivity contribution >= 4 is 0 Å². The smallest absolute Gasteiger partial charge is 0.133 e. The summed E-state index contributed by atoms with van der Waals surface area (Å²) in [5.74, 6) is 4.12. The molecule has 3 heterocycles. The molecular formula is C15H14O3. The Bertz CT molecular complexity index is 588. The summed E-state index contributed by atoms with van der Waals surface area (Å²) in [7, 11) is 0. The fourth-order valence-corrected chi connectivity index (χ4v) is 2.09. The molecule has 3 aromatic heterocycles. The summed E-state index contributed by atoms with van der Waals surface area (Å²) >= 11 is 0. The van der Waals surface area contributed by atoms with Gasteiger partial charge in [0, 0.05) is 0 Å². The molecule has 0 saturated heterocycles. The lowest BCUT2D eigenvalue weighted by Gasteiger charge is -2.09. The largest absolute Gasteiger partial charge is 0.468 e. The van der Waals surface area contributed by atoms with Gasteiger partial charge in [-0.05, 0) is 50.2 Å². The zero-order valence-electron chi connectivity index (χ0n) is 10.3. The molecule has 0 radical (unpaired) electrons. The number of hydrogen-bond donors (Lipinski definition) is 0. The summed E-state index contributed by atoms with van der Waals surface area (Å²) in [4.78, 5) is 0. The van der Waals surface area contributed by atoms with E-state index in [0.717, 1.165) is 28.8 Å². The maximum Gasteiger partial charge on any atom is 0.133 e. The van der Waals surface area contributed by atoms with Crippen LogP contribution in [0.25, 0.3) is 0 Å². The van der Waals surface area contributed by atoms with Crippen LogP contribution >= 0.6 is 0 Å². The molecule has 3 nitrogen and oxygen atoms in total. The Hall–Kier alpha value is -2.16. The Labute approximate surface area is 105 Å². The molecule has 0 aliphatic rings. The molecule has 0 atom stereocenters. The fraction of sp³-hybridized carbons (Fsp3) is 0.200. The van der Waals surface area contributed by atoms with Crippen molar-refractivity contribution in [2.24, 2.45) is 0 Å². The normalized spacial score (nSPS) is 11.3. The number of furan rings is 3. The van der Waals surface area contributed by atoms with Crippen LogP contribution < -0.4 is 0 Å². The Morgan fingerprint density at radius 1 is 0.778 bits per heavy atom. The first-order valence-corrected chi connectivity index (χ1v) is 5.90. The highest BCUT2D eigenvalue weighted by molar-refractivity contribution is 5.31. The predicted octanol–water partition coefficient (Wildman–Crippen LogP) is 4.26. The lowest BCUT2D eigenvalue weighted by atomic mass is 10.0. The zero-order valence-corrected chi connectivity index (χ0v) is 10.3. The molecule has 3 heteroatoms. The average molecular weight is 242 g/mol. The van der Waals surface area contributed by atoms with Gasteiger partial charge in [-0.15, -0.1) is 0 Å². The molecule has 0 aromatic carbocycles. The molecule has 0 aliphatic carbocycles. The van der Waals surface area contributed by atoms with Crippen LogP contribution in [0.1, 0.15) is 34.7 Å². The van der Waals surface area contributed by atoms with Crippen LogP contribution in [0.5, 0.6) is 0 Å². The van der Waals surface area contributed by atoms with Gasteiger partial charge in [-0.2, -0.15) is 0 Å². The molecule has 3 aromatic rings. The van der Waals surface area contributed by atoms with E-state index >= 15 is 0 Å². The van der Waals surface area contributed by atoms with Crippen molar-refractivity contribution in [1.82, 2.24) is 0 Å². The van der Waals surface area contributed by atoms with E-state index in [1.807, 2.05) is 50.2 Å². The van der Waals surface area contributed by atoms with Crippen LogP contribution in [0, 0.1) is 13.8 Å². The van der Waals surface area contributed by atoms with Gasteiger partial charge in [0.05, 0.1) is 6.26 Å². The maximum atomic E-state index is 5.71. The van der Waals surface area contributed by atoms with Crippen LogP contribution in [0.4, 0.5) is 0 Å².